The summed E-state index contributed by atoms with van der Waals surface area (Å²) < 4.78 is 18.8. The Bertz CT molecular complexity index is 701. The molecule has 0 aliphatic carbocycles. The number of carbonyl (C=O) groups is 2. The minimum atomic E-state index is -0.894. The summed E-state index contributed by atoms with van der Waals surface area (Å²) in [5.74, 6) is -1.22. The van der Waals surface area contributed by atoms with E-state index in [2.05, 4.69) is 21.2 Å². The van der Waals surface area contributed by atoms with Gasteiger partial charge in [0.2, 0.25) is 0 Å². The third-order valence-electron chi connectivity index (χ3n) is 3.36. The van der Waals surface area contributed by atoms with E-state index < -0.39 is 12.1 Å². The van der Waals surface area contributed by atoms with Crippen LogP contribution in [0, 0.1) is 5.82 Å². The van der Waals surface area contributed by atoms with Crippen LogP contribution in [0.25, 0.3) is 0 Å². The summed E-state index contributed by atoms with van der Waals surface area (Å²) in [6.45, 7) is 1.90. The van der Waals surface area contributed by atoms with E-state index in [4.69, 9.17) is 4.74 Å². The Morgan fingerprint density at radius 3 is 2.38 bits per heavy atom. The molecule has 1 amide bonds. The molecule has 0 fully saturated rings. The van der Waals surface area contributed by atoms with Gasteiger partial charge in [-0.25, -0.2) is 9.18 Å². The molecule has 0 spiro atoms. The van der Waals surface area contributed by atoms with Gasteiger partial charge in [0.25, 0.3) is 5.91 Å². The number of carbonyl (C=O) groups excluding carboxylic acids is 2. The number of benzene rings is 2. The lowest BCUT2D eigenvalue weighted by atomic mass is 10.1. The van der Waals surface area contributed by atoms with Crippen LogP contribution >= 0.6 is 15.9 Å². The Hall–Kier alpha value is -2.21. The van der Waals surface area contributed by atoms with Gasteiger partial charge >= 0.3 is 5.97 Å². The normalized spacial score (nSPS) is 11.6. The van der Waals surface area contributed by atoms with Crippen molar-refractivity contribution in [3.63, 3.8) is 0 Å². The van der Waals surface area contributed by atoms with Crippen LogP contribution in [0.3, 0.4) is 0 Å². The molecule has 0 aliphatic heterocycles. The Kier molecular flexibility index (Phi) is 6.49. The van der Waals surface area contributed by atoms with Crippen LogP contribution in [0.1, 0.15) is 22.8 Å². The summed E-state index contributed by atoms with van der Waals surface area (Å²) in [6.07, 6.45) is -0.325. The maximum absolute atomic E-state index is 12.8. The van der Waals surface area contributed by atoms with Gasteiger partial charge in [-0.05, 0) is 55.3 Å². The maximum Gasteiger partial charge on any atom is 0.338 e. The van der Waals surface area contributed by atoms with E-state index in [1.54, 1.807) is 36.4 Å². The van der Waals surface area contributed by atoms with Crippen molar-refractivity contribution in [1.29, 1.82) is 0 Å². The highest BCUT2D eigenvalue weighted by Gasteiger charge is 2.18. The topological polar surface area (TPSA) is 55.4 Å². The van der Waals surface area contributed by atoms with Crippen molar-refractivity contribution >= 4 is 27.8 Å². The maximum atomic E-state index is 12.8. The number of rotatable bonds is 6. The van der Waals surface area contributed by atoms with Gasteiger partial charge in [-0.2, -0.15) is 0 Å². The van der Waals surface area contributed by atoms with Gasteiger partial charge in [0.1, 0.15) is 5.82 Å². The van der Waals surface area contributed by atoms with E-state index in [-0.39, 0.29) is 11.7 Å². The second kappa shape index (κ2) is 8.59. The molecule has 0 saturated heterocycles. The molecule has 0 aromatic heterocycles. The quantitative estimate of drug-likeness (QED) is 0.764. The lowest BCUT2D eigenvalue weighted by Gasteiger charge is -2.13. The van der Waals surface area contributed by atoms with Crippen LogP contribution in [0.4, 0.5) is 4.39 Å². The molecule has 2 rings (SSSR count). The first-order chi connectivity index (χ1) is 11.5. The highest BCUT2D eigenvalue weighted by molar-refractivity contribution is 9.10. The molecule has 2 aromatic rings. The van der Waals surface area contributed by atoms with Gasteiger partial charge in [0, 0.05) is 11.0 Å². The molecule has 0 unspecified atom stereocenters. The Balaban J connectivity index is 1.78. The number of nitrogens with one attached hydrogen (secondary N) is 1. The van der Waals surface area contributed by atoms with Crippen molar-refractivity contribution in [3.8, 4) is 0 Å². The van der Waals surface area contributed by atoms with Crippen LogP contribution in [-0.4, -0.2) is 24.5 Å². The van der Waals surface area contributed by atoms with Gasteiger partial charge in [-0.15, -0.1) is 0 Å². The predicted molar refractivity (Wildman–Crippen MR) is 92.1 cm³/mol. The molecule has 0 bridgehead atoms. The van der Waals surface area contributed by atoms with Crippen molar-refractivity contribution < 1.29 is 18.7 Å². The molecular formula is C18H17BrFNO3. The van der Waals surface area contributed by atoms with Gasteiger partial charge in [0.15, 0.2) is 6.10 Å². The summed E-state index contributed by atoms with van der Waals surface area (Å²) in [4.78, 5) is 23.9. The summed E-state index contributed by atoms with van der Waals surface area (Å²) in [6, 6.07) is 12.8. The van der Waals surface area contributed by atoms with E-state index in [1.807, 2.05) is 0 Å². The molecule has 1 atom stereocenters. The summed E-state index contributed by atoms with van der Waals surface area (Å²) in [5.41, 5.74) is 1.29. The third kappa shape index (κ3) is 5.45. The molecule has 24 heavy (non-hydrogen) atoms. The first-order valence-corrected chi connectivity index (χ1v) is 8.23. The van der Waals surface area contributed by atoms with E-state index in [0.717, 1.165) is 10.0 Å². The summed E-state index contributed by atoms with van der Waals surface area (Å²) >= 11 is 3.28. The summed E-state index contributed by atoms with van der Waals surface area (Å²) in [5, 5.41) is 2.69. The smallest absolute Gasteiger partial charge is 0.338 e. The van der Waals surface area contributed by atoms with Crippen LogP contribution in [-0.2, 0) is 16.0 Å². The van der Waals surface area contributed by atoms with Crippen LogP contribution in [0.5, 0.6) is 0 Å². The molecule has 6 heteroatoms. The monoisotopic (exact) mass is 393 g/mol. The van der Waals surface area contributed by atoms with Crippen LogP contribution in [0.2, 0.25) is 0 Å². The standard InChI is InChI=1S/C18H17BrFNO3/c1-12(24-18(23)14-4-6-15(19)7-5-14)17(22)21-11-10-13-2-8-16(20)9-3-13/h2-9,12H,10-11H2,1H3,(H,21,22)/t12-/m0/s1. The zero-order valence-corrected chi connectivity index (χ0v) is 14.7. The molecule has 0 heterocycles. The number of amides is 1. The second-order valence-electron chi connectivity index (χ2n) is 5.22. The molecule has 0 saturated carbocycles. The molecule has 126 valence electrons. The minimum absolute atomic E-state index is 0.295. The van der Waals surface area contributed by atoms with E-state index >= 15 is 0 Å². The van der Waals surface area contributed by atoms with Crippen molar-refractivity contribution in [1.82, 2.24) is 5.32 Å². The largest absolute Gasteiger partial charge is 0.449 e. The van der Waals surface area contributed by atoms with E-state index in [1.165, 1.54) is 19.1 Å². The van der Waals surface area contributed by atoms with Gasteiger partial charge in [-0.3, -0.25) is 4.79 Å². The summed E-state index contributed by atoms with van der Waals surface area (Å²) in [7, 11) is 0. The van der Waals surface area contributed by atoms with Crippen molar-refractivity contribution in [2.45, 2.75) is 19.4 Å². The highest BCUT2D eigenvalue weighted by atomic mass is 79.9. The predicted octanol–water partition coefficient (Wildman–Crippen LogP) is 3.49. The molecule has 0 radical (unpaired) electrons. The average Bonchev–Trinajstić information content (AvgIpc) is 2.57. The van der Waals surface area contributed by atoms with Crippen molar-refractivity contribution in [2.24, 2.45) is 0 Å². The number of halogens is 2. The second-order valence-corrected chi connectivity index (χ2v) is 6.14. The van der Waals surface area contributed by atoms with Gasteiger partial charge in [0.05, 0.1) is 5.56 Å². The molecule has 2 aromatic carbocycles. The molecule has 1 N–H and O–H groups in total. The fraction of sp³-hybridized carbons (Fsp3) is 0.222. The number of hydrogen-bond acceptors (Lipinski definition) is 3. The van der Waals surface area contributed by atoms with E-state index in [0.29, 0.717) is 18.5 Å². The first-order valence-electron chi connectivity index (χ1n) is 7.44. The minimum Gasteiger partial charge on any atom is -0.449 e. The number of ether oxygens (including phenoxy) is 1. The average molecular weight is 394 g/mol. The SMILES string of the molecule is C[C@H](OC(=O)c1ccc(Br)cc1)C(=O)NCCc1ccc(F)cc1. The first kappa shape index (κ1) is 18.1. The highest BCUT2D eigenvalue weighted by Crippen LogP contribution is 2.12. The lowest BCUT2D eigenvalue weighted by molar-refractivity contribution is -0.129. The molecule has 0 aliphatic rings. The van der Waals surface area contributed by atoms with Gasteiger partial charge < -0.3 is 10.1 Å². The molecule has 4 nitrogen and oxygen atoms in total. The molecular weight excluding hydrogens is 377 g/mol. The third-order valence-corrected chi connectivity index (χ3v) is 3.89. The van der Waals surface area contributed by atoms with Crippen LogP contribution < -0.4 is 5.32 Å². The zero-order valence-electron chi connectivity index (χ0n) is 13.1. The fourth-order valence-electron chi connectivity index (χ4n) is 1.99. The fourth-order valence-corrected chi connectivity index (χ4v) is 2.26. The Morgan fingerprint density at radius 2 is 1.75 bits per heavy atom. The number of hydrogen-bond donors (Lipinski definition) is 1. The lowest BCUT2D eigenvalue weighted by Crippen LogP contribution is -2.36. The van der Waals surface area contributed by atoms with Crippen molar-refractivity contribution in [3.05, 3.63) is 69.9 Å². The van der Waals surface area contributed by atoms with Crippen molar-refractivity contribution in [2.75, 3.05) is 6.54 Å². The Morgan fingerprint density at radius 1 is 1.12 bits per heavy atom. The van der Waals surface area contributed by atoms with Crippen LogP contribution in [0.15, 0.2) is 53.0 Å². The Labute approximate surface area is 148 Å². The zero-order chi connectivity index (χ0) is 17.5. The number of esters is 1. The van der Waals surface area contributed by atoms with Gasteiger partial charge in [-0.1, -0.05) is 28.1 Å². The van der Waals surface area contributed by atoms with E-state index in [9.17, 15) is 14.0 Å².